The van der Waals surface area contributed by atoms with Gasteiger partial charge in [-0.2, -0.15) is 18.4 Å². The molecule has 2 aromatic rings. The van der Waals surface area contributed by atoms with Gasteiger partial charge in [-0.25, -0.2) is 0 Å². The van der Waals surface area contributed by atoms with E-state index in [-0.39, 0.29) is 22.9 Å². The van der Waals surface area contributed by atoms with Gasteiger partial charge < -0.3 is 10.5 Å². The molecule has 2 N–H and O–H groups in total. The lowest BCUT2D eigenvalue weighted by molar-refractivity contribution is -0.137. The Balaban J connectivity index is 1.89. The molecule has 1 heterocycles. The van der Waals surface area contributed by atoms with Crippen LogP contribution in [-0.4, -0.2) is 12.4 Å². The zero-order valence-corrected chi connectivity index (χ0v) is 17.9. The number of carbonyl (C=O) groups excluding carboxylic acids is 1. The highest BCUT2D eigenvalue weighted by atomic mass is 19.4. The summed E-state index contributed by atoms with van der Waals surface area (Å²) >= 11 is 0. The van der Waals surface area contributed by atoms with Gasteiger partial charge in [-0.3, -0.25) is 9.69 Å². The van der Waals surface area contributed by atoms with Crippen molar-refractivity contribution in [1.82, 2.24) is 0 Å². The van der Waals surface area contributed by atoms with Crippen LogP contribution in [0.25, 0.3) is 0 Å². The number of alkyl halides is 3. The van der Waals surface area contributed by atoms with Gasteiger partial charge in [-0.15, -0.1) is 0 Å². The minimum Gasteiger partial charge on any atom is -0.494 e. The molecule has 8 heteroatoms. The van der Waals surface area contributed by atoms with Crippen LogP contribution in [0.15, 0.2) is 71.2 Å². The number of carbonyl (C=O) groups is 1. The summed E-state index contributed by atoms with van der Waals surface area (Å²) in [6, 6.07) is 14.0. The molecule has 1 atom stereocenters. The minimum absolute atomic E-state index is 0.0316. The van der Waals surface area contributed by atoms with Crippen LogP contribution in [0.2, 0.25) is 0 Å². The maximum atomic E-state index is 13.4. The van der Waals surface area contributed by atoms with Gasteiger partial charge in [0.15, 0.2) is 5.78 Å². The molecule has 2 aliphatic rings. The number of anilines is 1. The van der Waals surface area contributed by atoms with Gasteiger partial charge in [0.05, 0.1) is 29.7 Å². The summed E-state index contributed by atoms with van der Waals surface area (Å²) in [5.74, 6) is -0.130. The van der Waals surface area contributed by atoms with E-state index in [4.69, 9.17) is 10.5 Å². The van der Waals surface area contributed by atoms with E-state index in [0.717, 1.165) is 12.1 Å². The van der Waals surface area contributed by atoms with Gasteiger partial charge in [0.25, 0.3) is 0 Å². The predicted molar refractivity (Wildman–Crippen MR) is 117 cm³/mol. The zero-order chi connectivity index (χ0) is 23.8. The Morgan fingerprint density at radius 2 is 1.91 bits per heavy atom. The van der Waals surface area contributed by atoms with Crippen LogP contribution in [0.1, 0.15) is 43.2 Å². The van der Waals surface area contributed by atoms with Gasteiger partial charge >= 0.3 is 6.18 Å². The summed E-state index contributed by atoms with van der Waals surface area (Å²) in [4.78, 5) is 14.5. The highest BCUT2D eigenvalue weighted by Gasteiger charge is 2.41. The molecular formula is C25H22F3N3O2. The van der Waals surface area contributed by atoms with E-state index in [1.54, 1.807) is 24.3 Å². The second kappa shape index (κ2) is 8.66. The first kappa shape index (κ1) is 22.5. The molecule has 0 radical (unpaired) electrons. The van der Waals surface area contributed by atoms with E-state index in [1.807, 2.05) is 6.92 Å². The van der Waals surface area contributed by atoms with Gasteiger partial charge in [0.1, 0.15) is 11.6 Å². The zero-order valence-electron chi connectivity index (χ0n) is 17.9. The number of nitrogens with two attached hydrogens (primary N) is 1. The van der Waals surface area contributed by atoms with Crippen molar-refractivity contribution in [1.29, 1.82) is 5.26 Å². The van der Waals surface area contributed by atoms with Crippen molar-refractivity contribution in [2.45, 2.75) is 38.3 Å². The van der Waals surface area contributed by atoms with Crippen LogP contribution in [0.4, 0.5) is 18.9 Å². The molecule has 170 valence electrons. The van der Waals surface area contributed by atoms with Gasteiger partial charge in [-0.1, -0.05) is 18.2 Å². The van der Waals surface area contributed by atoms with Crippen molar-refractivity contribution in [3.05, 3.63) is 82.3 Å². The van der Waals surface area contributed by atoms with E-state index >= 15 is 0 Å². The number of hydrogen-bond acceptors (Lipinski definition) is 5. The molecule has 0 aromatic heterocycles. The highest BCUT2D eigenvalue weighted by molar-refractivity contribution is 6.01. The lowest BCUT2D eigenvalue weighted by Crippen LogP contribution is -2.38. The van der Waals surface area contributed by atoms with Crippen molar-refractivity contribution < 1.29 is 22.7 Å². The fraction of sp³-hybridized carbons (Fsp3) is 0.280. The van der Waals surface area contributed by atoms with E-state index in [2.05, 4.69) is 6.07 Å². The number of hydrogen-bond donors (Lipinski definition) is 1. The quantitative estimate of drug-likeness (QED) is 0.670. The van der Waals surface area contributed by atoms with Crippen molar-refractivity contribution >= 4 is 11.5 Å². The molecule has 33 heavy (non-hydrogen) atoms. The van der Waals surface area contributed by atoms with E-state index < -0.39 is 17.7 Å². The lowest BCUT2D eigenvalue weighted by Gasteiger charge is -2.39. The Morgan fingerprint density at radius 1 is 1.18 bits per heavy atom. The smallest absolute Gasteiger partial charge is 0.416 e. The second-order valence-electron chi connectivity index (χ2n) is 7.87. The molecule has 5 nitrogen and oxygen atoms in total. The molecule has 0 bridgehead atoms. The number of benzene rings is 2. The average Bonchev–Trinajstić information content (AvgIpc) is 2.79. The molecule has 0 fully saturated rings. The number of allylic oxidation sites excluding steroid dienone is 3. The average molecular weight is 453 g/mol. The Kier molecular flexibility index (Phi) is 5.90. The largest absolute Gasteiger partial charge is 0.494 e. The third-order valence-electron chi connectivity index (χ3n) is 5.87. The summed E-state index contributed by atoms with van der Waals surface area (Å²) in [7, 11) is 0. The molecule has 0 unspecified atom stereocenters. The van der Waals surface area contributed by atoms with Crippen molar-refractivity contribution in [2.24, 2.45) is 5.73 Å². The number of nitriles is 1. The second-order valence-corrected chi connectivity index (χ2v) is 7.87. The molecule has 4 rings (SSSR count). The third kappa shape index (κ3) is 4.07. The Bertz CT molecular complexity index is 1190. The predicted octanol–water partition coefficient (Wildman–Crippen LogP) is 5.41. The van der Waals surface area contributed by atoms with E-state index in [9.17, 15) is 23.2 Å². The van der Waals surface area contributed by atoms with Crippen LogP contribution < -0.4 is 15.4 Å². The van der Waals surface area contributed by atoms with Crippen LogP contribution in [0, 0.1) is 11.3 Å². The minimum atomic E-state index is -4.53. The topological polar surface area (TPSA) is 79.3 Å². The number of ether oxygens (including phenoxy) is 1. The SMILES string of the molecule is CCOc1ccc([C@H]2C(C#N)=C(N)N(c3cccc(C(F)(F)F)c3)C3=C2C(=O)CCC3)cc1. The monoisotopic (exact) mass is 453 g/mol. The van der Waals surface area contributed by atoms with Gasteiger partial charge in [0, 0.05) is 23.4 Å². The molecule has 1 aliphatic carbocycles. The number of rotatable bonds is 4. The van der Waals surface area contributed by atoms with Crippen LogP contribution in [0.3, 0.4) is 0 Å². The maximum Gasteiger partial charge on any atom is 0.416 e. The first-order valence-electron chi connectivity index (χ1n) is 10.6. The summed E-state index contributed by atoms with van der Waals surface area (Å²) in [6.07, 6.45) is -3.21. The van der Waals surface area contributed by atoms with Crippen LogP contribution in [0.5, 0.6) is 5.75 Å². The summed E-state index contributed by atoms with van der Waals surface area (Å²) in [5.41, 5.74) is 7.54. The Hall–Kier alpha value is -3.73. The summed E-state index contributed by atoms with van der Waals surface area (Å²) in [6.45, 7) is 2.37. The van der Waals surface area contributed by atoms with Crippen molar-refractivity contribution in [3.63, 3.8) is 0 Å². The molecule has 0 saturated heterocycles. The molecular weight excluding hydrogens is 431 g/mol. The van der Waals surface area contributed by atoms with Crippen LogP contribution in [-0.2, 0) is 11.0 Å². The lowest BCUT2D eigenvalue weighted by atomic mass is 9.75. The number of ketones is 1. The standard InChI is InChI=1S/C25H22F3N3O2/c1-2-33-18-11-9-15(10-12-18)22-19(14-29)24(30)31(20-7-4-8-21(32)23(20)22)17-6-3-5-16(13-17)25(26,27)28/h3,5-6,9-13,22H,2,4,7-8,30H2,1H3/t22-/m0/s1. The first-order valence-corrected chi connectivity index (χ1v) is 10.6. The number of halogens is 3. The third-order valence-corrected chi connectivity index (χ3v) is 5.87. The summed E-state index contributed by atoms with van der Waals surface area (Å²) < 4.78 is 45.5. The van der Waals surface area contributed by atoms with Crippen molar-refractivity contribution in [3.8, 4) is 11.8 Å². The Labute approximate surface area is 189 Å². The van der Waals surface area contributed by atoms with Gasteiger partial charge in [0.2, 0.25) is 0 Å². The number of Topliss-reactive ketones (excluding diaryl/α,β-unsaturated/α-hetero) is 1. The number of nitrogens with zero attached hydrogens (tertiary/aromatic N) is 2. The van der Waals surface area contributed by atoms with Gasteiger partial charge in [-0.05, 0) is 55.7 Å². The normalized spacial score (nSPS) is 18.8. The fourth-order valence-corrected chi connectivity index (χ4v) is 4.46. The van der Waals surface area contributed by atoms with Crippen LogP contribution >= 0.6 is 0 Å². The molecule has 0 spiro atoms. The van der Waals surface area contributed by atoms with Crippen molar-refractivity contribution in [2.75, 3.05) is 11.5 Å². The molecule has 2 aromatic carbocycles. The maximum absolute atomic E-state index is 13.4. The molecule has 0 amide bonds. The van der Waals surface area contributed by atoms with E-state index in [1.165, 1.54) is 17.0 Å². The fourth-order valence-electron chi connectivity index (χ4n) is 4.46. The molecule has 1 aliphatic heterocycles. The highest BCUT2D eigenvalue weighted by Crippen LogP contribution is 2.47. The molecule has 0 saturated carbocycles. The Morgan fingerprint density at radius 3 is 2.55 bits per heavy atom. The first-order chi connectivity index (χ1) is 15.8. The van der Waals surface area contributed by atoms with E-state index in [0.29, 0.717) is 48.5 Å². The summed E-state index contributed by atoms with van der Waals surface area (Å²) in [5, 5.41) is 10.0.